The minimum atomic E-state index is -0.400. The first-order chi connectivity index (χ1) is 13.2. The van der Waals surface area contributed by atoms with E-state index in [2.05, 4.69) is 0 Å². The number of carbonyl (C=O) groups is 2. The molecule has 0 spiro atoms. The summed E-state index contributed by atoms with van der Waals surface area (Å²) in [5.74, 6) is 1.93. The smallest absolute Gasteiger partial charge is 0.255 e. The fourth-order valence-electron chi connectivity index (χ4n) is 2.97. The van der Waals surface area contributed by atoms with Crippen molar-refractivity contribution >= 4 is 23.6 Å². The molecule has 142 valence electrons. The third-order valence-electron chi connectivity index (χ3n) is 4.47. The highest BCUT2D eigenvalue weighted by atomic mass is 32.2. The van der Waals surface area contributed by atoms with Crippen LogP contribution in [0.15, 0.2) is 60.7 Å². The molecule has 1 atom stereocenters. The molecule has 0 unspecified atom stereocenters. The molecule has 0 radical (unpaired) electrons. The van der Waals surface area contributed by atoms with Gasteiger partial charge in [0.1, 0.15) is 11.8 Å². The van der Waals surface area contributed by atoms with E-state index in [4.69, 9.17) is 4.74 Å². The lowest BCUT2D eigenvalue weighted by atomic mass is 10.1. The number of rotatable bonds is 7. The molecule has 2 aromatic carbocycles. The van der Waals surface area contributed by atoms with Crippen molar-refractivity contribution < 1.29 is 14.3 Å². The first-order valence-electron chi connectivity index (χ1n) is 9.03. The zero-order valence-corrected chi connectivity index (χ0v) is 16.2. The van der Waals surface area contributed by atoms with Crippen LogP contribution in [0.3, 0.4) is 0 Å². The average Bonchev–Trinajstić information content (AvgIpc) is 3.21. The molecule has 0 aliphatic carbocycles. The van der Waals surface area contributed by atoms with Gasteiger partial charge in [-0.3, -0.25) is 9.59 Å². The maximum atomic E-state index is 12.8. The van der Waals surface area contributed by atoms with E-state index >= 15 is 0 Å². The minimum absolute atomic E-state index is 0.0102. The lowest BCUT2D eigenvalue weighted by Crippen LogP contribution is -2.48. The molecule has 3 rings (SSSR count). The Bertz CT molecular complexity index is 755. The summed E-state index contributed by atoms with van der Waals surface area (Å²) in [5, 5.41) is 0. The predicted octanol–water partition coefficient (Wildman–Crippen LogP) is 3.13. The normalized spacial score (nSPS) is 16.2. The van der Waals surface area contributed by atoms with Crippen LogP contribution in [0.4, 0.5) is 0 Å². The van der Waals surface area contributed by atoms with E-state index in [9.17, 15) is 9.59 Å². The van der Waals surface area contributed by atoms with Crippen LogP contribution in [-0.4, -0.2) is 59.5 Å². The number of likely N-dealkylation sites (N-methyl/N-ethyl adjacent to an activating group) is 1. The molecule has 0 aromatic heterocycles. The topological polar surface area (TPSA) is 49.9 Å². The summed E-state index contributed by atoms with van der Waals surface area (Å²) in [6.45, 7) is 1.15. The Morgan fingerprint density at radius 3 is 2.48 bits per heavy atom. The van der Waals surface area contributed by atoms with Gasteiger partial charge in [0.2, 0.25) is 5.91 Å². The van der Waals surface area contributed by atoms with Gasteiger partial charge in [0.05, 0.1) is 12.5 Å². The molecular weight excluding hydrogens is 360 g/mol. The maximum Gasteiger partial charge on any atom is 0.255 e. The molecular formula is C21H24N2O3S. The largest absolute Gasteiger partial charge is 0.494 e. The average molecular weight is 385 g/mol. The second kappa shape index (κ2) is 9.46. The molecule has 27 heavy (non-hydrogen) atoms. The number of hydrogen-bond acceptors (Lipinski definition) is 4. The lowest BCUT2D eigenvalue weighted by Gasteiger charge is -2.27. The number of ether oxygens (including phenoxy) is 1. The van der Waals surface area contributed by atoms with E-state index in [1.807, 2.05) is 48.5 Å². The zero-order chi connectivity index (χ0) is 19.1. The van der Waals surface area contributed by atoms with Crippen LogP contribution in [0.1, 0.15) is 16.8 Å². The Kier molecular flexibility index (Phi) is 6.76. The Hall–Kier alpha value is -2.47. The van der Waals surface area contributed by atoms with Gasteiger partial charge < -0.3 is 14.5 Å². The number of hydrogen-bond donors (Lipinski definition) is 0. The van der Waals surface area contributed by atoms with Crippen LogP contribution in [0, 0.1) is 0 Å². The van der Waals surface area contributed by atoms with Crippen molar-refractivity contribution in [3.63, 3.8) is 0 Å². The predicted molar refractivity (Wildman–Crippen MR) is 108 cm³/mol. The number of para-hydroxylation sites is 1. The number of thioether (sulfide) groups is 1. The van der Waals surface area contributed by atoms with Crippen LogP contribution >= 0.6 is 11.8 Å². The number of nitrogens with zero attached hydrogens (tertiary/aromatic N) is 2. The van der Waals surface area contributed by atoms with Gasteiger partial charge in [0.15, 0.2) is 0 Å². The molecule has 0 bridgehead atoms. The van der Waals surface area contributed by atoms with Crippen molar-refractivity contribution in [3.8, 4) is 5.75 Å². The highest BCUT2D eigenvalue weighted by molar-refractivity contribution is 7.99. The molecule has 1 saturated heterocycles. The SMILES string of the molecule is CN(CCCOc1ccccc1)C(=O)[C@@H]1CSCN1C(=O)c1ccccc1. The fourth-order valence-corrected chi connectivity index (χ4v) is 4.11. The van der Waals surface area contributed by atoms with Gasteiger partial charge in [-0.1, -0.05) is 36.4 Å². The molecule has 2 amide bonds. The van der Waals surface area contributed by atoms with E-state index in [0.29, 0.717) is 30.3 Å². The van der Waals surface area contributed by atoms with Gasteiger partial charge >= 0.3 is 0 Å². The summed E-state index contributed by atoms with van der Waals surface area (Å²) in [6.07, 6.45) is 0.740. The van der Waals surface area contributed by atoms with Crippen LogP contribution in [0.25, 0.3) is 0 Å². The molecule has 2 aromatic rings. The van der Waals surface area contributed by atoms with Crippen molar-refractivity contribution in [1.29, 1.82) is 0 Å². The van der Waals surface area contributed by atoms with Crippen LogP contribution in [0.2, 0.25) is 0 Å². The van der Waals surface area contributed by atoms with Crippen molar-refractivity contribution in [1.82, 2.24) is 9.80 Å². The van der Waals surface area contributed by atoms with E-state index in [0.717, 1.165) is 12.2 Å². The molecule has 0 saturated carbocycles. The minimum Gasteiger partial charge on any atom is -0.494 e. The summed E-state index contributed by atoms with van der Waals surface area (Å²) in [6, 6.07) is 18.4. The molecule has 1 aliphatic heterocycles. The van der Waals surface area contributed by atoms with Crippen LogP contribution in [0.5, 0.6) is 5.75 Å². The van der Waals surface area contributed by atoms with Gasteiger partial charge in [-0.2, -0.15) is 0 Å². The van der Waals surface area contributed by atoms with Gasteiger partial charge in [-0.25, -0.2) is 0 Å². The number of carbonyl (C=O) groups excluding carboxylic acids is 2. The van der Waals surface area contributed by atoms with E-state index < -0.39 is 6.04 Å². The Morgan fingerprint density at radius 1 is 1.11 bits per heavy atom. The zero-order valence-electron chi connectivity index (χ0n) is 15.4. The van der Waals surface area contributed by atoms with Crippen LogP contribution in [-0.2, 0) is 4.79 Å². The monoisotopic (exact) mass is 384 g/mol. The summed E-state index contributed by atoms with van der Waals surface area (Å²) in [7, 11) is 1.79. The van der Waals surface area contributed by atoms with Crippen molar-refractivity contribution in [2.75, 3.05) is 31.8 Å². The standard InChI is InChI=1S/C21H24N2O3S/c1-22(13-8-14-26-18-11-6-3-7-12-18)21(25)19-15-27-16-23(19)20(24)17-9-4-2-5-10-17/h2-7,9-12,19H,8,13-16H2,1H3/t19-/m0/s1. The van der Waals surface area contributed by atoms with E-state index in [1.165, 1.54) is 0 Å². The first kappa shape index (κ1) is 19.3. The molecule has 1 aliphatic rings. The molecule has 6 heteroatoms. The second-order valence-corrected chi connectivity index (χ2v) is 7.43. The van der Waals surface area contributed by atoms with Crippen molar-refractivity contribution in [3.05, 3.63) is 66.2 Å². The number of amides is 2. The molecule has 5 nitrogen and oxygen atoms in total. The van der Waals surface area contributed by atoms with Crippen LogP contribution < -0.4 is 4.74 Å². The Labute approximate surface area is 164 Å². The maximum absolute atomic E-state index is 12.8. The van der Waals surface area contributed by atoms with Crippen molar-refractivity contribution in [2.24, 2.45) is 0 Å². The Morgan fingerprint density at radius 2 is 1.78 bits per heavy atom. The second-order valence-electron chi connectivity index (χ2n) is 6.43. The fraction of sp³-hybridized carbons (Fsp3) is 0.333. The highest BCUT2D eigenvalue weighted by Gasteiger charge is 2.36. The first-order valence-corrected chi connectivity index (χ1v) is 10.2. The van der Waals surface area contributed by atoms with Gasteiger partial charge in [0.25, 0.3) is 5.91 Å². The molecule has 1 fully saturated rings. The van der Waals surface area contributed by atoms with Crippen molar-refractivity contribution in [2.45, 2.75) is 12.5 Å². The quantitative estimate of drug-likeness (QED) is 0.688. The summed E-state index contributed by atoms with van der Waals surface area (Å²) in [4.78, 5) is 28.9. The Balaban J connectivity index is 1.50. The van der Waals surface area contributed by atoms with Gasteiger partial charge in [-0.05, 0) is 30.7 Å². The number of benzene rings is 2. The third-order valence-corrected chi connectivity index (χ3v) is 5.49. The van der Waals surface area contributed by atoms with E-state index in [-0.39, 0.29) is 11.8 Å². The van der Waals surface area contributed by atoms with Gasteiger partial charge in [0, 0.05) is 24.9 Å². The molecule has 1 heterocycles. The van der Waals surface area contributed by atoms with Gasteiger partial charge in [-0.15, -0.1) is 11.8 Å². The summed E-state index contributed by atoms with van der Waals surface area (Å²) < 4.78 is 5.67. The summed E-state index contributed by atoms with van der Waals surface area (Å²) in [5.41, 5.74) is 0.622. The molecule has 0 N–H and O–H groups in total. The lowest BCUT2D eigenvalue weighted by molar-refractivity contribution is -0.133. The third kappa shape index (κ3) is 5.04. The summed E-state index contributed by atoms with van der Waals surface area (Å²) >= 11 is 1.62. The highest BCUT2D eigenvalue weighted by Crippen LogP contribution is 2.24. The van der Waals surface area contributed by atoms with E-state index in [1.54, 1.807) is 40.7 Å².